The van der Waals surface area contributed by atoms with Gasteiger partial charge in [0, 0.05) is 26.5 Å². The molecule has 1 N–H and O–H groups in total. The molecule has 2 aromatic heterocycles. The highest BCUT2D eigenvalue weighted by molar-refractivity contribution is 9.10. The Morgan fingerprint density at radius 3 is 2.83 bits per heavy atom. The fraction of sp³-hybridized carbons (Fsp3) is 0.143. The maximum absolute atomic E-state index is 10.2. The van der Waals surface area contributed by atoms with E-state index in [2.05, 4.69) is 15.9 Å². The molecule has 0 spiro atoms. The summed E-state index contributed by atoms with van der Waals surface area (Å²) in [4.78, 5) is 1.13. The molecule has 0 amide bonds. The third-order valence-corrected chi connectivity index (χ3v) is 4.51. The van der Waals surface area contributed by atoms with Gasteiger partial charge in [-0.05, 0) is 34.1 Å². The van der Waals surface area contributed by atoms with Crippen molar-refractivity contribution in [2.45, 2.75) is 12.5 Å². The molecule has 3 rings (SSSR count). The monoisotopic (exact) mass is 322 g/mol. The first-order chi connectivity index (χ1) is 8.72. The minimum Gasteiger partial charge on any atom is -0.458 e. The Balaban J connectivity index is 1.85. The maximum Gasteiger partial charge on any atom is 0.134 e. The summed E-state index contributed by atoms with van der Waals surface area (Å²) in [5.74, 6) is 0.626. The first kappa shape index (κ1) is 12.0. The average Bonchev–Trinajstić information content (AvgIpc) is 2.95. The minimum atomic E-state index is -0.594. The van der Waals surface area contributed by atoms with Gasteiger partial charge in [0.2, 0.25) is 0 Å². The topological polar surface area (TPSA) is 33.4 Å². The number of rotatable bonds is 3. The predicted octanol–water partition coefficient (Wildman–Crippen LogP) is 4.53. The molecule has 1 unspecified atom stereocenters. The summed E-state index contributed by atoms with van der Waals surface area (Å²) in [7, 11) is 0. The molecule has 18 heavy (non-hydrogen) atoms. The van der Waals surface area contributed by atoms with Crippen LogP contribution in [0.5, 0.6) is 0 Å². The van der Waals surface area contributed by atoms with Crippen molar-refractivity contribution in [2.24, 2.45) is 0 Å². The minimum absolute atomic E-state index is 0.579. The first-order valence-electron chi connectivity index (χ1n) is 5.62. The van der Waals surface area contributed by atoms with Crippen LogP contribution in [0.1, 0.15) is 16.7 Å². The van der Waals surface area contributed by atoms with Gasteiger partial charge in [-0.15, -0.1) is 11.3 Å². The number of thiophene rings is 1. The highest BCUT2D eigenvalue weighted by Gasteiger charge is 2.14. The van der Waals surface area contributed by atoms with Crippen LogP contribution < -0.4 is 0 Å². The lowest BCUT2D eigenvalue weighted by Gasteiger charge is -2.04. The lowest BCUT2D eigenvalue weighted by molar-refractivity contribution is 0.153. The van der Waals surface area contributed by atoms with Gasteiger partial charge in [-0.2, -0.15) is 0 Å². The molecule has 3 aromatic rings. The predicted molar refractivity (Wildman–Crippen MR) is 76.9 cm³/mol. The molecule has 0 bridgehead atoms. The molecule has 1 aromatic carbocycles. The van der Waals surface area contributed by atoms with Crippen LogP contribution in [0.2, 0.25) is 0 Å². The van der Waals surface area contributed by atoms with E-state index >= 15 is 0 Å². The number of hydrogen-bond acceptors (Lipinski definition) is 3. The molecule has 0 saturated carbocycles. The van der Waals surface area contributed by atoms with Crippen LogP contribution in [0, 0.1) is 0 Å². The van der Waals surface area contributed by atoms with Crippen molar-refractivity contribution in [1.29, 1.82) is 0 Å². The molecule has 0 aliphatic heterocycles. The lowest BCUT2D eigenvalue weighted by atomic mass is 10.1. The summed E-state index contributed by atoms with van der Waals surface area (Å²) < 4.78 is 6.71. The second-order valence-corrected chi connectivity index (χ2v) is 6.05. The van der Waals surface area contributed by atoms with Crippen molar-refractivity contribution in [3.8, 4) is 0 Å². The summed E-state index contributed by atoms with van der Waals surface area (Å²) in [6.07, 6.45) is -0.0150. The van der Waals surface area contributed by atoms with Crippen LogP contribution in [0.15, 0.2) is 50.7 Å². The average molecular weight is 323 g/mol. The molecule has 0 radical (unpaired) electrons. The van der Waals surface area contributed by atoms with Gasteiger partial charge in [0.05, 0.1) is 0 Å². The Kier molecular flexibility index (Phi) is 3.24. The number of aliphatic hydroxyl groups excluding tert-OH is 1. The second-order valence-electron chi connectivity index (χ2n) is 4.14. The van der Waals surface area contributed by atoms with Gasteiger partial charge < -0.3 is 9.52 Å². The van der Waals surface area contributed by atoms with E-state index in [9.17, 15) is 5.11 Å². The number of hydrogen-bond donors (Lipinski definition) is 1. The highest BCUT2D eigenvalue weighted by atomic mass is 79.9. The number of para-hydroxylation sites is 1. The van der Waals surface area contributed by atoms with Crippen molar-refractivity contribution in [2.75, 3.05) is 0 Å². The van der Waals surface area contributed by atoms with Crippen LogP contribution >= 0.6 is 27.3 Å². The Hall–Kier alpha value is -1.10. The summed E-state index contributed by atoms with van der Waals surface area (Å²) in [6, 6.07) is 11.7. The molecule has 4 heteroatoms. The second kappa shape index (κ2) is 4.88. The summed E-state index contributed by atoms with van der Waals surface area (Å²) in [5, 5.41) is 13.2. The van der Waals surface area contributed by atoms with E-state index in [1.165, 1.54) is 0 Å². The molecule has 1 atom stereocenters. The van der Waals surface area contributed by atoms with Gasteiger partial charge in [-0.1, -0.05) is 18.2 Å². The van der Waals surface area contributed by atoms with Crippen LogP contribution in [-0.2, 0) is 6.42 Å². The molecule has 2 heterocycles. The zero-order chi connectivity index (χ0) is 12.5. The van der Waals surface area contributed by atoms with Gasteiger partial charge in [-0.25, -0.2) is 0 Å². The van der Waals surface area contributed by atoms with E-state index in [0.29, 0.717) is 12.2 Å². The zero-order valence-corrected chi connectivity index (χ0v) is 11.9. The van der Waals surface area contributed by atoms with Crippen molar-refractivity contribution in [3.05, 3.63) is 56.9 Å². The van der Waals surface area contributed by atoms with Crippen molar-refractivity contribution in [1.82, 2.24) is 0 Å². The fourth-order valence-electron chi connectivity index (χ4n) is 1.92. The van der Waals surface area contributed by atoms with Crippen molar-refractivity contribution >= 4 is 38.2 Å². The van der Waals surface area contributed by atoms with Crippen LogP contribution in [-0.4, -0.2) is 5.11 Å². The molecule has 0 aliphatic carbocycles. The third kappa shape index (κ3) is 2.36. The van der Waals surface area contributed by atoms with Crippen molar-refractivity contribution < 1.29 is 9.52 Å². The first-order valence-corrected chi connectivity index (χ1v) is 7.29. The SMILES string of the molecule is OC(Cc1cc(Br)cs1)c1cc2ccccc2o1. The summed E-state index contributed by atoms with van der Waals surface area (Å²) in [5.41, 5.74) is 0.818. The van der Waals surface area contributed by atoms with Gasteiger partial charge in [0.25, 0.3) is 0 Å². The molecule has 2 nitrogen and oxygen atoms in total. The Morgan fingerprint density at radius 2 is 2.11 bits per heavy atom. The van der Waals surface area contributed by atoms with Crippen molar-refractivity contribution in [3.63, 3.8) is 0 Å². The van der Waals surface area contributed by atoms with E-state index in [4.69, 9.17) is 4.42 Å². The van der Waals surface area contributed by atoms with Gasteiger partial charge in [-0.3, -0.25) is 0 Å². The number of benzene rings is 1. The van der Waals surface area contributed by atoms with Crippen LogP contribution in [0.4, 0.5) is 0 Å². The Morgan fingerprint density at radius 1 is 1.28 bits per heavy atom. The van der Waals surface area contributed by atoms with E-state index < -0.39 is 6.10 Å². The zero-order valence-electron chi connectivity index (χ0n) is 9.47. The normalized spacial score (nSPS) is 13.0. The smallest absolute Gasteiger partial charge is 0.134 e. The Bertz CT molecular complexity index is 638. The number of furan rings is 1. The number of fused-ring (bicyclic) bond motifs is 1. The largest absolute Gasteiger partial charge is 0.458 e. The lowest BCUT2D eigenvalue weighted by Crippen LogP contribution is -1.98. The maximum atomic E-state index is 10.2. The fourth-order valence-corrected chi connectivity index (χ4v) is 3.41. The molecule has 0 fully saturated rings. The van der Waals surface area contributed by atoms with E-state index in [1.807, 2.05) is 41.8 Å². The van der Waals surface area contributed by atoms with E-state index in [-0.39, 0.29) is 0 Å². The quantitative estimate of drug-likeness (QED) is 0.768. The molecule has 0 aliphatic rings. The molecule has 0 saturated heterocycles. The Labute approximate surface area is 117 Å². The van der Waals surface area contributed by atoms with Crippen LogP contribution in [0.25, 0.3) is 11.0 Å². The standard InChI is InChI=1S/C14H11BrO2S/c15-10-6-11(18-8-10)7-12(16)14-5-9-3-1-2-4-13(9)17-14/h1-6,8,12,16H,7H2. The summed E-state index contributed by atoms with van der Waals surface area (Å²) >= 11 is 5.04. The van der Waals surface area contributed by atoms with Crippen LogP contribution in [0.3, 0.4) is 0 Å². The van der Waals surface area contributed by atoms with E-state index in [0.717, 1.165) is 20.3 Å². The van der Waals surface area contributed by atoms with Gasteiger partial charge in [0.1, 0.15) is 17.4 Å². The molecular formula is C14H11BrO2S. The number of aliphatic hydroxyl groups is 1. The molecular weight excluding hydrogens is 312 g/mol. The van der Waals surface area contributed by atoms with Gasteiger partial charge >= 0.3 is 0 Å². The molecule has 92 valence electrons. The number of halogens is 1. The highest BCUT2D eigenvalue weighted by Crippen LogP contribution is 2.28. The van der Waals surface area contributed by atoms with Gasteiger partial charge in [0.15, 0.2) is 0 Å². The third-order valence-electron chi connectivity index (χ3n) is 2.79. The van der Waals surface area contributed by atoms with E-state index in [1.54, 1.807) is 11.3 Å². The summed E-state index contributed by atoms with van der Waals surface area (Å²) in [6.45, 7) is 0.